The van der Waals surface area contributed by atoms with Crippen molar-refractivity contribution in [3.63, 3.8) is 0 Å². The Hall–Kier alpha value is -4.21. The third kappa shape index (κ3) is 5.04. The number of nitrogens with one attached hydrogen (secondary N) is 2. The number of aromatic amines is 1. The van der Waals surface area contributed by atoms with E-state index in [1.54, 1.807) is 36.7 Å². The molecule has 11 heteroatoms. The molecule has 37 heavy (non-hydrogen) atoms. The Morgan fingerprint density at radius 3 is 2.59 bits per heavy atom. The lowest BCUT2D eigenvalue weighted by Gasteiger charge is -2.17. The highest BCUT2D eigenvalue weighted by molar-refractivity contribution is 6.35. The number of carbonyl (C=O) groups excluding carboxylic acids is 1. The van der Waals surface area contributed by atoms with Crippen molar-refractivity contribution in [1.82, 2.24) is 25.1 Å². The summed E-state index contributed by atoms with van der Waals surface area (Å²) in [5.41, 5.74) is 3.38. The maximum absolute atomic E-state index is 12.7. The van der Waals surface area contributed by atoms with Crippen molar-refractivity contribution >= 4 is 45.7 Å². The Balaban J connectivity index is 1.47. The van der Waals surface area contributed by atoms with E-state index < -0.39 is 6.10 Å². The van der Waals surface area contributed by atoms with E-state index in [0.717, 1.165) is 10.9 Å². The SMILES string of the molecule is COc1ncc(-c2n[nH]c3ccc(OC(C)c4c(Cl)cncc4Cl)cc23)cc1NC(=O)c1ccccn1. The molecule has 0 fully saturated rings. The van der Waals surface area contributed by atoms with Gasteiger partial charge < -0.3 is 14.8 Å². The molecule has 4 heterocycles. The number of aromatic nitrogens is 5. The van der Waals surface area contributed by atoms with Crippen LogP contribution in [0.15, 0.2) is 67.3 Å². The molecule has 1 atom stereocenters. The molecule has 1 aromatic carbocycles. The summed E-state index contributed by atoms with van der Waals surface area (Å²) in [7, 11) is 1.48. The lowest BCUT2D eigenvalue weighted by Crippen LogP contribution is -2.14. The molecule has 0 radical (unpaired) electrons. The number of carbonyl (C=O) groups is 1. The van der Waals surface area contributed by atoms with Crippen molar-refractivity contribution in [3.05, 3.63) is 88.6 Å². The normalized spacial score (nSPS) is 11.8. The Morgan fingerprint density at radius 1 is 1.05 bits per heavy atom. The maximum Gasteiger partial charge on any atom is 0.274 e. The Labute approximate surface area is 221 Å². The summed E-state index contributed by atoms with van der Waals surface area (Å²) in [6.07, 6.45) is 5.81. The molecule has 1 unspecified atom stereocenters. The van der Waals surface area contributed by atoms with E-state index in [1.165, 1.54) is 19.5 Å². The molecule has 0 aliphatic carbocycles. The van der Waals surface area contributed by atoms with Crippen LogP contribution in [0.5, 0.6) is 11.6 Å². The highest BCUT2D eigenvalue weighted by Gasteiger charge is 2.19. The summed E-state index contributed by atoms with van der Waals surface area (Å²) in [4.78, 5) is 25.1. The summed E-state index contributed by atoms with van der Waals surface area (Å²) < 4.78 is 11.5. The van der Waals surface area contributed by atoms with Crippen LogP contribution in [0.2, 0.25) is 10.0 Å². The van der Waals surface area contributed by atoms with Gasteiger partial charge in [-0.25, -0.2) is 4.98 Å². The number of nitrogens with zero attached hydrogens (tertiary/aromatic N) is 4. The van der Waals surface area contributed by atoms with E-state index >= 15 is 0 Å². The first kappa shape index (κ1) is 24.5. The number of hydrogen-bond acceptors (Lipinski definition) is 7. The molecule has 0 aliphatic rings. The molecule has 0 spiro atoms. The fourth-order valence-corrected chi connectivity index (χ4v) is 4.55. The van der Waals surface area contributed by atoms with Crippen LogP contribution in [-0.4, -0.2) is 38.2 Å². The minimum absolute atomic E-state index is 0.261. The smallest absolute Gasteiger partial charge is 0.274 e. The average molecular weight is 535 g/mol. The molecular formula is C26H20Cl2N6O3. The fraction of sp³-hybridized carbons (Fsp3) is 0.115. The minimum Gasteiger partial charge on any atom is -0.486 e. The standard InChI is InChI=1S/C26H20Cl2N6O3/c1-14(23-18(27)12-29-13-19(23)28)37-16-6-7-20-17(10-16)24(34-33-20)15-9-22(26(36-2)31-11-15)32-25(35)21-5-3-4-8-30-21/h3-14H,1-2H3,(H,32,35)(H,33,34). The molecule has 4 aromatic heterocycles. The van der Waals surface area contributed by atoms with Crippen LogP contribution in [-0.2, 0) is 0 Å². The largest absolute Gasteiger partial charge is 0.486 e. The molecule has 2 N–H and O–H groups in total. The van der Waals surface area contributed by atoms with Crippen molar-refractivity contribution in [1.29, 1.82) is 0 Å². The number of H-pyrrole nitrogens is 1. The lowest BCUT2D eigenvalue weighted by molar-refractivity contribution is 0.102. The van der Waals surface area contributed by atoms with Crippen LogP contribution < -0.4 is 14.8 Å². The molecule has 0 aliphatic heterocycles. The number of methoxy groups -OCH3 is 1. The molecule has 9 nitrogen and oxygen atoms in total. The number of anilines is 1. The summed E-state index contributed by atoms with van der Waals surface area (Å²) in [5, 5.41) is 11.9. The van der Waals surface area contributed by atoms with Gasteiger partial charge in [-0.1, -0.05) is 29.3 Å². The van der Waals surface area contributed by atoms with Crippen LogP contribution in [0.25, 0.3) is 22.2 Å². The Bertz CT molecular complexity index is 1570. The first-order valence-electron chi connectivity index (χ1n) is 11.1. The van der Waals surface area contributed by atoms with Crippen LogP contribution in [0.1, 0.15) is 29.1 Å². The van der Waals surface area contributed by atoms with Crippen molar-refractivity contribution in [3.8, 4) is 22.9 Å². The number of fused-ring (bicyclic) bond motifs is 1. The third-order valence-electron chi connectivity index (χ3n) is 5.61. The molecule has 0 bridgehead atoms. The Kier molecular flexibility index (Phi) is 6.89. The van der Waals surface area contributed by atoms with E-state index in [4.69, 9.17) is 32.7 Å². The number of amides is 1. The summed E-state index contributed by atoms with van der Waals surface area (Å²) in [6, 6.07) is 12.4. The molecule has 5 rings (SSSR count). The monoisotopic (exact) mass is 534 g/mol. The second-order valence-electron chi connectivity index (χ2n) is 8.01. The topological polar surface area (TPSA) is 115 Å². The maximum atomic E-state index is 12.7. The molecule has 1 amide bonds. The molecule has 0 saturated heterocycles. The summed E-state index contributed by atoms with van der Waals surface area (Å²) in [5.74, 6) is 0.469. The van der Waals surface area contributed by atoms with E-state index in [9.17, 15) is 4.79 Å². The first-order chi connectivity index (χ1) is 17.9. The number of ether oxygens (including phenoxy) is 2. The first-order valence-corrected chi connectivity index (χ1v) is 11.9. The van der Waals surface area contributed by atoms with Gasteiger partial charge in [-0.15, -0.1) is 0 Å². The predicted molar refractivity (Wildman–Crippen MR) is 141 cm³/mol. The number of hydrogen-bond donors (Lipinski definition) is 2. The lowest BCUT2D eigenvalue weighted by atomic mass is 10.1. The van der Waals surface area contributed by atoms with Gasteiger partial charge in [0.2, 0.25) is 5.88 Å². The van der Waals surface area contributed by atoms with Gasteiger partial charge in [0.05, 0.1) is 22.7 Å². The molecular weight excluding hydrogens is 515 g/mol. The van der Waals surface area contributed by atoms with Crippen LogP contribution in [0, 0.1) is 0 Å². The predicted octanol–water partition coefficient (Wildman–Crippen LogP) is 6.12. The van der Waals surface area contributed by atoms with Gasteiger partial charge in [0.15, 0.2) is 0 Å². The van der Waals surface area contributed by atoms with Gasteiger partial charge in [0.25, 0.3) is 5.91 Å². The highest BCUT2D eigenvalue weighted by Crippen LogP contribution is 2.36. The number of pyridine rings is 3. The summed E-state index contributed by atoms with van der Waals surface area (Å²) in [6.45, 7) is 1.86. The Morgan fingerprint density at radius 2 is 1.86 bits per heavy atom. The molecule has 186 valence electrons. The zero-order valence-corrected chi connectivity index (χ0v) is 21.2. The van der Waals surface area contributed by atoms with Gasteiger partial charge in [-0.3, -0.25) is 19.9 Å². The highest BCUT2D eigenvalue weighted by atomic mass is 35.5. The number of benzene rings is 1. The van der Waals surface area contributed by atoms with E-state index in [-0.39, 0.29) is 17.5 Å². The van der Waals surface area contributed by atoms with E-state index in [1.807, 2.05) is 25.1 Å². The van der Waals surface area contributed by atoms with E-state index in [2.05, 4.69) is 30.5 Å². The van der Waals surface area contributed by atoms with Gasteiger partial charge in [0.1, 0.15) is 28.9 Å². The van der Waals surface area contributed by atoms with Crippen LogP contribution in [0.3, 0.4) is 0 Å². The van der Waals surface area contributed by atoms with Crippen LogP contribution in [0.4, 0.5) is 5.69 Å². The number of halogens is 2. The second-order valence-corrected chi connectivity index (χ2v) is 8.82. The van der Waals surface area contributed by atoms with Crippen molar-refractivity contribution in [2.45, 2.75) is 13.0 Å². The zero-order chi connectivity index (χ0) is 25.9. The van der Waals surface area contributed by atoms with Gasteiger partial charge in [-0.2, -0.15) is 5.10 Å². The second kappa shape index (κ2) is 10.4. The average Bonchev–Trinajstić information content (AvgIpc) is 3.32. The zero-order valence-electron chi connectivity index (χ0n) is 19.7. The fourth-order valence-electron chi connectivity index (χ4n) is 3.88. The minimum atomic E-state index is -0.424. The van der Waals surface area contributed by atoms with Crippen LogP contribution >= 0.6 is 23.2 Å². The van der Waals surface area contributed by atoms with Crippen molar-refractivity contribution in [2.24, 2.45) is 0 Å². The van der Waals surface area contributed by atoms with E-state index in [0.29, 0.717) is 38.3 Å². The molecule has 5 aromatic rings. The van der Waals surface area contributed by atoms with Crippen molar-refractivity contribution < 1.29 is 14.3 Å². The van der Waals surface area contributed by atoms with Gasteiger partial charge >= 0.3 is 0 Å². The quantitative estimate of drug-likeness (QED) is 0.258. The van der Waals surface area contributed by atoms with Gasteiger partial charge in [0, 0.05) is 41.3 Å². The molecule has 0 saturated carbocycles. The van der Waals surface area contributed by atoms with Crippen molar-refractivity contribution in [2.75, 3.05) is 12.4 Å². The summed E-state index contributed by atoms with van der Waals surface area (Å²) >= 11 is 12.6. The third-order valence-corrected chi connectivity index (χ3v) is 6.21. The number of rotatable bonds is 7. The van der Waals surface area contributed by atoms with Gasteiger partial charge in [-0.05, 0) is 43.3 Å².